The summed E-state index contributed by atoms with van der Waals surface area (Å²) in [6, 6.07) is 12.3. The number of para-hydroxylation sites is 1. The van der Waals surface area contributed by atoms with Gasteiger partial charge in [0.05, 0.1) is 6.21 Å². The zero-order valence-corrected chi connectivity index (χ0v) is 14.7. The molecule has 0 bridgehead atoms. The fraction of sp³-hybridized carbons (Fsp3) is 0.286. The van der Waals surface area contributed by atoms with Crippen LogP contribution in [-0.4, -0.2) is 21.7 Å². The number of benzene rings is 1. The van der Waals surface area contributed by atoms with E-state index < -0.39 is 0 Å². The third-order valence-electron chi connectivity index (χ3n) is 4.93. The fourth-order valence-electron chi connectivity index (χ4n) is 3.74. The van der Waals surface area contributed by atoms with Gasteiger partial charge < -0.3 is 4.57 Å². The minimum absolute atomic E-state index is 0.0764. The summed E-state index contributed by atoms with van der Waals surface area (Å²) < 4.78 is 2.33. The van der Waals surface area contributed by atoms with Crippen molar-refractivity contribution in [3.63, 3.8) is 0 Å². The number of amides is 1. The van der Waals surface area contributed by atoms with Gasteiger partial charge in [0.15, 0.2) is 0 Å². The van der Waals surface area contributed by atoms with E-state index in [2.05, 4.69) is 44.3 Å². The monoisotopic (exact) mass is 346 g/mol. The first-order chi connectivity index (χ1) is 12.8. The first kappa shape index (κ1) is 16.5. The Labute approximate surface area is 152 Å². The maximum absolute atomic E-state index is 12.2. The highest BCUT2D eigenvalue weighted by Gasteiger charge is 2.19. The average Bonchev–Trinajstić information content (AvgIpc) is 3.01. The molecular formula is C21H22N4O. The summed E-state index contributed by atoms with van der Waals surface area (Å²) in [5.74, 6) is -0.0764. The molecule has 26 heavy (non-hydrogen) atoms. The minimum Gasteiger partial charge on any atom is -0.344 e. The number of pyridine rings is 1. The standard InChI is InChI=1S/C21H22N4O/c26-21(24-23-15-16-6-5-12-22-14-16)11-13-25-19-9-3-1-7-17(19)18-8-2-4-10-20(18)25/h1,3,5-7,9,12,14-15H,2,4,8,10-11,13H2,(H,24,26). The minimum atomic E-state index is -0.0764. The Morgan fingerprint density at radius 2 is 2.08 bits per heavy atom. The Kier molecular flexibility index (Phi) is 4.78. The normalized spacial score (nSPS) is 13.8. The molecule has 0 fully saturated rings. The summed E-state index contributed by atoms with van der Waals surface area (Å²) in [6.07, 6.45) is 10.2. The van der Waals surface area contributed by atoms with E-state index in [0.29, 0.717) is 13.0 Å². The molecule has 1 N–H and O–H groups in total. The number of hydrazone groups is 1. The lowest BCUT2D eigenvalue weighted by Gasteiger charge is -2.15. The molecule has 132 valence electrons. The van der Waals surface area contributed by atoms with Gasteiger partial charge >= 0.3 is 0 Å². The lowest BCUT2D eigenvalue weighted by atomic mass is 9.95. The maximum Gasteiger partial charge on any atom is 0.241 e. The van der Waals surface area contributed by atoms with E-state index in [9.17, 15) is 4.79 Å². The first-order valence-electron chi connectivity index (χ1n) is 9.14. The van der Waals surface area contributed by atoms with Crippen molar-refractivity contribution in [1.29, 1.82) is 0 Å². The van der Waals surface area contributed by atoms with Crippen LogP contribution in [0.1, 0.15) is 36.1 Å². The molecule has 2 heterocycles. The molecular weight excluding hydrogens is 324 g/mol. The largest absolute Gasteiger partial charge is 0.344 e. The number of aryl methyl sites for hydroxylation is 2. The molecule has 4 rings (SSSR count). The van der Waals surface area contributed by atoms with Crippen molar-refractivity contribution in [3.8, 4) is 0 Å². The van der Waals surface area contributed by atoms with Crippen LogP contribution in [0.3, 0.4) is 0 Å². The Morgan fingerprint density at radius 3 is 2.96 bits per heavy atom. The van der Waals surface area contributed by atoms with Crippen LogP contribution in [-0.2, 0) is 24.2 Å². The molecule has 1 aromatic carbocycles. The van der Waals surface area contributed by atoms with Gasteiger partial charge in [0.25, 0.3) is 0 Å². The Balaban J connectivity index is 1.45. The second-order valence-corrected chi connectivity index (χ2v) is 6.63. The third kappa shape index (κ3) is 3.38. The smallest absolute Gasteiger partial charge is 0.241 e. The van der Waals surface area contributed by atoms with Crippen molar-refractivity contribution in [2.24, 2.45) is 5.10 Å². The third-order valence-corrected chi connectivity index (χ3v) is 4.93. The topological polar surface area (TPSA) is 59.3 Å². The number of hydrogen-bond acceptors (Lipinski definition) is 3. The van der Waals surface area contributed by atoms with Gasteiger partial charge in [0, 0.05) is 47.5 Å². The summed E-state index contributed by atoms with van der Waals surface area (Å²) in [7, 11) is 0. The predicted molar refractivity (Wildman–Crippen MR) is 103 cm³/mol. The van der Waals surface area contributed by atoms with Crippen LogP contribution >= 0.6 is 0 Å². The van der Waals surface area contributed by atoms with Gasteiger partial charge in [-0.2, -0.15) is 5.10 Å². The van der Waals surface area contributed by atoms with Crippen molar-refractivity contribution in [3.05, 3.63) is 65.6 Å². The van der Waals surface area contributed by atoms with Gasteiger partial charge in [-0.25, -0.2) is 5.43 Å². The molecule has 5 nitrogen and oxygen atoms in total. The van der Waals surface area contributed by atoms with Gasteiger partial charge in [0.1, 0.15) is 0 Å². The number of carbonyl (C=O) groups is 1. The second-order valence-electron chi connectivity index (χ2n) is 6.63. The van der Waals surface area contributed by atoms with E-state index in [1.54, 1.807) is 18.6 Å². The van der Waals surface area contributed by atoms with Crippen molar-refractivity contribution < 1.29 is 4.79 Å². The van der Waals surface area contributed by atoms with Crippen LogP contribution in [0.5, 0.6) is 0 Å². The lowest BCUT2D eigenvalue weighted by Crippen LogP contribution is -2.20. The summed E-state index contributed by atoms with van der Waals surface area (Å²) in [6.45, 7) is 0.685. The molecule has 0 aliphatic heterocycles. The molecule has 0 saturated carbocycles. The van der Waals surface area contributed by atoms with Crippen LogP contribution in [0.4, 0.5) is 0 Å². The molecule has 0 unspecified atom stereocenters. The van der Waals surface area contributed by atoms with Gasteiger partial charge in [-0.05, 0) is 43.4 Å². The number of carbonyl (C=O) groups excluding carboxylic acids is 1. The highest BCUT2D eigenvalue weighted by atomic mass is 16.2. The number of aromatic nitrogens is 2. The number of nitrogens with one attached hydrogen (secondary N) is 1. The van der Waals surface area contributed by atoms with Crippen LogP contribution in [0, 0.1) is 0 Å². The molecule has 3 aromatic rings. The van der Waals surface area contributed by atoms with Gasteiger partial charge in [-0.15, -0.1) is 0 Å². The fourth-order valence-corrected chi connectivity index (χ4v) is 3.74. The molecule has 1 aliphatic carbocycles. The highest BCUT2D eigenvalue weighted by Crippen LogP contribution is 2.32. The second kappa shape index (κ2) is 7.52. The van der Waals surface area contributed by atoms with Crippen LogP contribution in [0.15, 0.2) is 53.9 Å². The Morgan fingerprint density at radius 1 is 1.19 bits per heavy atom. The van der Waals surface area contributed by atoms with E-state index in [0.717, 1.165) is 18.4 Å². The number of hydrogen-bond donors (Lipinski definition) is 1. The number of nitrogens with zero attached hydrogens (tertiary/aromatic N) is 3. The molecule has 0 saturated heterocycles. The Hall–Kier alpha value is -2.95. The van der Waals surface area contributed by atoms with Crippen LogP contribution in [0.25, 0.3) is 10.9 Å². The van der Waals surface area contributed by atoms with Crippen LogP contribution in [0.2, 0.25) is 0 Å². The Bertz CT molecular complexity index is 943. The van der Waals surface area contributed by atoms with E-state index in [4.69, 9.17) is 0 Å². The molecule has 1 aliphatic rings. The SMILES string of the molecule is O=C(CCn1c2c(c3ccccc31)CCCC2)NN=Cc1cccnc1. The highest BCUT2D eigenvalue weighted by molar-refractivity contribution is 5.86. The summed E-state index contributed by atoms with van der Waals surface area (Å²) in [4.78, 5) is 16.2. The predicted octanol–water partition coefficient (Wildman–Crippen LogP) is 3.46. The average molecular weight is 346 g/mol. The molecule has 2 aromatic heterocycles. The molecule has 5 heteroatoms. The van der Waals surface area contributed by atoms with E-state index >= 15 is 0 Å². The lowest BCUT2D eigenvalue weighted by molar-refractivity contribution is -0.121. The maximum atomic E-state index is 12.2. The zero-order valence-electron chi connectivity index (χ0n) is 14.7. The van der Waals surface area contributed by atoms with Crippen LogP contribution < -0.4 is 5.43 Å². The van der Waals surface area contributed by atoms with E-state index in [-0.39, 0.29) is 5.91 Å². The van der Waals surface area contributed by atoms with Gasteiger partial charge in [0.2, 0.25) is 5.91 Å². The quantitative estimate of drug-likeness (QED) is 0.568. The first-order valence-corrected chi connectivity index (χ1v) is 9.14. The summed E-state index contributed by atoms with van der Waals surface area (Å²) >= 11 is 0. The van der Waals surface area contributed by atoms with Gasteiger partial charge in [-0.3, -0.25) is 9.78 Å². The molecule has 0 atom stereocenters. The van der Waals surface area contributed by atoms with Gasteiger partial charge in [-0.1, -0.05) is 24.3 Å². The van der Waals surface area contributed by atoms with E-state index in [1.165, 1.54) is 35.0 Å². The zero-order chi connectivity index (χ0) is 17.8. The van der Waals surface area contributed by atoms with E-state index in [1.807, 2.05) is 12.1 Å². The molecule has 0 spiro atoms. The van der Waals surface area contributed by atoms with Crippen molar-refractivity contribution in [2.75, 3.05) is 0 Å². The molecule has 1 amide bonds. The van der Waals surface area contributed by atoms with Crippen molar-refractivity contribution >= 4 is 23.0 Å². The van der Waals surface area contributed by atoms with Crippen molar-refractivity contribution in [1.82, 2.24) is 15.0 Å². The number of fused-ring (bicyclic) bond motifs is 3. The molecule has 0 radical (unpaired) electrons. The summed E-state index contributed by atoms with van der Waals surface area (Å²) in [5.41, 5.74) is 7.59. The van der Waals surface area contributed by atoms with Crippen molar-refractivity contribution in [2.45, 2.75) is 38.6 Å². The summed E-state index contributed by atoms with van der Waals surface area (Å²) in [5, 5.41) is 5.36. The number of rotatable bonds is 5.